The van der Waals surface area contributed by atoms with Crippen LogP contribution in [0.3, 0.4) is 0 Å². The molecule has 0 saturated carbocycles. The van der Waals surface area contributed by atoms with Gasteiger partial charge in [-0.25, -0.2) is 4.79 Å². The van der Waals surface area contributed by atoms with Gasteiger partial charge < -0.3 is 28.8 Å². The number of aromatic nitrogens is 1. The summed E-state index contributed by atoms with van der Waals surface area (Å²) in [7, 11) is 4.57. The highest BCUT2D eigenvalue weighted by Crippen LogP contribution is 2.46. The normalized spacial score (nSPS) is 16.8. The summed E-state index contributed by atoms with van der Waals surface area (Å²) in [6.45, 7) is 0. The van der Waals surface area contributed by atoms with Crippen LogP contribution in [0.4, 0.5) is 5.69 Å². The molecule has 2 aromatic heterocycles. The Morgan fingerprint density at radius 1 is 1.00 bits per heavy atom. The molecule has 1 N–H and O–H groups in total. The lowest BCUT2D eigenvalue weighted by molar-refractivity contribution is 0.0601. The van der Waals surface area contributed by atoms with E-state index in [-0.39, 0.29) is 6.04 Å². The lowest BCUT2D eigenvalue weighted by Crippen LogP contribution is -2.29. The summed E-state index contributed by atoms with van der Waals surface area (Å²) < 4.78 is 22.5. The lowest BCUT2D eigenvalue weighted by Gasteiger charge is -2.27. The van der Waals surface area contributed by atoms with Crippen molar-refractivity contribution in [1.29, 1.82) is 0 Å². The van der Waals surface area contributed by atoms with Crippen LogP contribution < -0.4 is 19.7 Å². The minimum Gasteiger partial charge on any atom is -0.497 e. The molecule has 2 unspecified atom stereocenters. The summed E-state index contributed by atoms with van der Waals surface area (Å²) in [4.78, 5) is 18.9. The number of esters is 1. The molecule has 0 spiro atoms. The van der Waals surface area contributed by atoms with Gasteiger partial charge in [0.1, 0.15) is 29.1 Å². The minimum absolute atomic E-state index is 0.320. The van der Waals surface area contributed by atoms with Gasteiger partial charge in [-0.05, 0) is 54.7 Å². The second-order valence-electron chi connectivity index (χ2n) is 8.27. The summed E-state index contributed by atoms with van der Waals surface area (Å²) in [5.41, 5.74) is 2.57. The van der Waals surface area contributed by atoms with E-state index in [1.165, 1.54) is 7.11 Å². The van der Waals surface area contributed by atoms with Gasteiger partial charge in [-0.3, -0.25) is 4.98 Å². The molecular formula is C28H25N3O5S. The highest BCUT2D eigenvalue weighted by molar-refractivity contribution is 7.80. The molecule has 188 valence electrons. The minimum atomic E-state index is -0.439. The average molecular weight is 516 g/mol. The maximum atomic E-state index is 12.4. The van der Waals surface area contributed by atoms with E-state index in [4.69, 9.17) is 30.8 Å². The van der Waals surface area contributed by atoms with Gasteiger partial charge in [-0.2, -0.15) is 0 Å². The Bertz CT molecular complexity index is 1440. The number of thiocarbonyl (C=S) groups is 1. The second-order valence-corrected chi connectivity index (χ2v) is 8.66. The van der Waals surface area contributed by atoms with E-state index in [2.05, 4.69) is 10.3 Å². The number of hydrogen-bond acceptors (Lipinski definition) is 7. The number of carbonyl (C=O) groups is 1. The largest absolute Gasteiger partial charge is 0.497 e. The van der Waals surface area contributed by atoms with Crippen LogP contribution in [0.5, 0.6) is 11.5 Å². The van der Waals surface area contributed by atoms with Gasteiger partial charge in [-0.1, -0.05) is 24.3 Å². The third kappa shape index (κ3) is 4.49. The molecule has 37 heavy (non-hydrogen) atoms. The van der Waals surface area contributed by atoms with Gasteiger partial charge >= 0.3 is 5.97 Å². The fraction of sp³-hybridized carbons (Fsp3) is 0.179. The number of carbonyl (C=O) groups excluding carboxylic acids is 1. The van der Waals surface area contributed by atoms with Crippen LogP contribution in [0.2, 0.25) is 0 Å². The molecule has 0 radical (unpaired) electrons. The van der Waals surface area contributed by atoms with Crippen molar-refractivity contribution in [2.45, 2.75) is 12.1 Å². The molecule has 2 atom stereocenters. The summed E-state index contributed by atoms with van der Waals surface area (Å²) in [5, 5.41) is 3.89. The van der Waals surface area contributed by atoms with Gasteiger partial charge in [0.05, 0.1) is 44.3 Å². The molecule has 1 fully saturated rings. The van der Waals surface area contributed by atoms with Crippen molar-refractivity contribution in [3.63, 3.8) is 0 Å². The lowest BCUT2D eigenvalue weighted by atomic mass is 10.0. The Hall–Kier alpha value is -4.37. The molecule has 2 aromatic carbocycles. The number of pyridine rings is 1. The fourth-order valence-electron chi connectivity index (χ4n) is 4.53. The highest BCUT2D eigenvalue weighted by atomic mass is 32.1. The molecule has 3 heterocycles. The number of nitrogens with zero attached hydrogens (tertiary/aromatic N) is 2. The van der Waals surface area contributed by atoms with Gasteiger partial charge in [0, 0.05) is 17.8 Å². The van der Waals surface area contributed by atoms with Crippen molar-refractivity contribution in [2.24, 2.45) is 0 Å². The van der Waals surface area contributed by atoms with Crippen molar-refractivity contribution in [3.8, 4) is 22.8 Å². The van der Waals surface area contributed by atoms with E-state index in [0.29, 0.717) is 39.3 Å². The van der Waals surface area contributed by atoms with Crippen molar-refractivity contribution in [2.75, 3.05) is 26.2 Å². The maximum Gasteiger partial charge on any atom is 0.338 e. The van der Waals surface area contributed by atoms with Crippen LogP contribution in [0.15, 0.2) is 83.4 Å². The monoisotopic (exact) mass is 515 g/mol. The Morgan fingerprint density at radius 3 is 2.54 bits per heavy atom. The molecular weight excluding hydrogens is 490 g/mol. The number of benzene rings is 2. The number of methoxy groups -OCH3 is 3. The van der Waals surface area contributed by atoms with Crippen LogP contribution in [-0.4, -0.2) is 37.4 Å². The van der Waals surface area contributed by atoms with Crippen molar-refractivity contribution in [3.05, 3.63) is 96.0 Å². The Morgan fingerprint density at radius 2 is 1.81 bits per heavy atom. The number of ether oxygens (including phenoxy) is 3. The zero-order valence-electron chi connectivity index (χ0n) is 20.5. The van der Waals surface area contributed by atoms with E-state index in [0.717, 1.165) is 11.4 Å². The third-order valence-corrected chi connectivity index (χ3v) is 6.57. The zero-order valence-corrected chi connectivity index (χ0v) is 21.3. The standard InChI is InChI=1S/C28H25N3O5S/c1-33-17-11-12-23(34-2)21(16-17)31-26(25(30-28(31)37)20-10-6-7-15-29-20)24-14-13-22(36-24)18-8-4-5-9-19(18)27(32)35-3/h4-16,25-26H,1-3H3,(H,30,37). The Kier molecular flexibility index (Phi) is 6.78. The molecule has 4 aromatic rings. The summed E-state index contributed by atoms with van der Waals surface area (Å²) in [6, 6.07) is 21.4. The van der Waals surface area contributed by atoms with E-state index < -0.39 is 12.0 Å². The van der Waals surface area contributed by atoms with Crippen LogP contribution in [0.25, 0.3) is 11.3 Å². The van der Waals surface area contributed by atoms with Gasteiger partial charge in [-0.15, -0.1) is 0 Å². The summed E-state index contributed by atoms with van der Waals surface area (Å²) in [5.74, 6) is 2.00. The highest BCUT2D eigenvalue weighted by Gasteiger charge is 2.43. The molecule has 1 saturated heterocycles. The topological polar surface area (TPSA) is 86.1 Å². The molecule has 8 nitrogen and oxygen atoms in total. The van der Waals surface area contributed by atoms with Gasteiger partial charge in [0.2, 0.25) is 0 Å². The molecule has 1 aliphatic rings. The van der Waals surface area contributed by atoms with Crippen molar-refractivity contribution < 1.29 is 23.4 Å². The molecule has 1 aliphatic heterocycles. The fourth-order valence-corrected chi connectivity index (χ4v) is 4.87. The first-order valence-electron chi connectivity index (χ1n) is 11.6. The number of rotatable bonds is 7. The molecule has 5 rings (SSSR count). The van der Waals surface area contributed by atoms with E-state index in [9.17, 15) is 4.79 Å². The maximum absolute atomic E-state index is 12.4. The molecule has 0 aliphatic carbocycles. The Balaban J connectivity index is 1.65. The van der Waals surface area contributed by atoms with E-state index in [1.54, 1.807) is 32.5 Å². The predicted molar refractivity (Wildman–Crippen MR) is 143 cm³/mol. The third-order valence-electron chi connectivity index (χ3n) is 6.26. The number of nitrogens with one attached hydrogen (secondary N) is 1. The number of anilines is 1. The van der Waals surface area contributed by atoms with Crippen LogP contribution in [0.1, 0.15) is 33.9 Å². The first-order valence-corrected chi connectivity index (χ1v) is 12.0. The molecule has 0 bridgehead atoms. The first-order chi connectivity index (χ1) is 18.0. The van der Waals surface area contributed by atoms with Gasteiger partial charge in [0.15, 0.2) is 5.11 Å². The van der Waals surface area contributed by atoms with Crippen LogP contribution >= 0.6 is 12.2 Å². The smallest absolute Gasteiger partial charge is 0.338 e. The van der Waals surface area contributed by atoms with Crippen molar-refractivity contribution in [1.82, 2.24) is 10.3 Å². The molecule has 9 heteroatoms. The number of hydrogen-bond donors (Lipinski definition) is 1. The van der Waals surface area contributed by atoms with Gasteiger partial charge in [0.25, 0.3) is 0 Å². The zero-order chi connectivity index (χ0) is 25.9. The van der Waals surface area contributed by atoms with Crippen LogP contribution in [-0.2, 0) is 4.74 Å². The van der Waals surface area contributed by atoms with Crippen LogP contribution in [0, 0.1) is 0 Å². The summed E-state index contributed by atoms with van der Waals surface area (Å²) >= 11 is 5.82. The van der Waals surface area contributed by atoms with E-state index >= 15 is 0 Å². The second kappa shape index (κ2) is 10.3. The SMILES string of the molecule is COC(=O)c1ccccc1-c1ccc(C2C(c3ccccn3)NC(=S)N2c2cc(OC)ccc2OC)o1. The quantitative estimate of drug-likeness (QED) is 0.259. The summed E-state index contributed by atoms with van der Waals surface area (Å²) in [6.07, 6.45) is 1.74. The van der Waals surface area contributed by atoms with Crippen molar-refractivity contribution >= 4 is 29.0 Å². The molecule has 0 amide bonds. The predicted octanol–water partition coefficient (Wildman–Crippen LogP) is 5.32. The number of furan rings is 1. The average Bonchev–Trinajstić information content (AvgIpc) is 3.57. The first kappa shape index (κ1) is 24.3. The Labute approximate surface area is 219 Å². The van der Waals surface area contributed by atoms with E-state index in [1.807, 2.05) is 65.6 Å².